The molecule has 0 bridgehead atoms. The molecule has 0 saturated heterocycles. The maximum atomic E-state index is 8.35. The second kappa shape index (κ2) is 6.86. The lowest BCUT2D eigenvalue weighted by atomic mass is 10.1. The van der Waals surface area contributed by atoms with Crippen molar-refractivity contribution in [3.05, 3.63) is 29.8 Å². The van der Waals surface area contributed by atoms with E-state index in [0.29, 0.717) is 6.42 Å². The highest BCUT2D eigenvalue weighted by atomic mass is 16.5. The number of benzene rings is 1. The van der Waals surface area contributed by atoms with Crippen LogP contribution in [-0.2, 0) is 6.42 Å². The van der Waals surface area contributed by atoms with Gasteiger partial charge in [0.15, 0.2) is 0 Å². The van der Waals surface area contributed by atoms with Gasteiger partial charge in [-0.2, -0.15) is 5.26 Å². The molecule has 1 aromatic rings. The highest BCUT2D eigenvalue weighted by Crippen LogP contribution is 2.16. The second-order valence-corrected chi connectivity index (χ2v) is 3.22. The molecule has 80 valence electrons. The average molecular weight is 204 g/mol. The molecule has 0 radical (unpaired) electrons. The standard InChI is InChI=1S/C12H16N2O/c1-15-12-6-3-2-5-11(12)7-10-14-9-4-8-13/h2-3,5-6,14H,4,7,9-10H2,1H3. The minimum atomic E-state index is 0.561. The monoisotopic (exact) mass is 204 g/mol. The fraction of sp³-hybridized carbons (Fsp3) is 0.417. The molecular weight excluding hydrogens is 188 g/mol. The summed E-state index contributed by atoms with van der Waals surface area (Å²) in [7, 11) is 1.68. The number of nitrogens with one attached hydrogen (secondary N) is 1. The molecule has 1 aromatic carbocycles. The molecule has 3 nitrogen and oxygen atoms in total. The van der Waals surface area contributed by atoms with Gasteiger partial charge >= 0.3 is 0 Å². The molecule has 15 heavy (non-hydrogen) atoms. The third-order valence-electron chi connectivity index (χ3n) is 2.18. The van der Waals surface area contributed by atoms with E-state index in [1.807, 2.05) is 18.2 Å². The number of hydrogen-bond acceptors (Lipinski definition) is 3. The zero-order chi connectivity index (χ0) is 10.9. The van der Waals surface area contributed by atoms with Crippen LogP contribution in [0.5, 0.6) is 5.75 Å². The highest BCUT2D eigenvalue weighted by molar-refractivity contribution is 5.33. The Morgan fingerprint density at radius 1 is 1.33 bits per heavy atom. The first-order valence-electron chi connectivity index (χ1n) is 5.08. The summed E-state index contributed by atoms with van der Waals surface area (Å²) in [5.74, 6) is 0.930. The van der Waals surface area contributed by atoms with Gasteiger partial charge in [0, 0.05) is 13.0 Å². The Hall–Kier alpha value is -1.53. The van der Waals surface area contributed by atoms with E-state index >= 15 is 0 Å². The Bertz CT molecular complexity index is 331. The van der Waals surface area contributed by atoms with E-state index in [0.717, 1.165) is 25.3 Å². The van der Waals surface area contributed by atoms with Gasteiger partial charge in [0.1, 0.15) is 5.75 Å². The van der Waals surface area contributed by atoms with Crippen molar-refractivity contribution < 1.29 is 4.74 Å². The summed E-state index contributed by atoms with van der Waals surface area (Å²) < 4.78 is 5.24. The van der Waals surface area contributed by atoms with Crippen LogP contribution >= 0.6 is 0 Å². The van der Waals surface area contributed by atoms with Crippen LogP contribution in [0, 0.1) is 11.3 Å². The zero-order valence-corrected chi connectivity index (χ0v) is 8.99. The lowest BCUT2D eigenvalue weighted by Crippen LogP contribution is -2.18. The fourth-order valence-electron chi connectivity index (χ4n) is 1.40. The molecule has 0 amide bonds. The lowest BCUT2D eigenvalue weighted by Gasteiger charge is -2.07. The van der Waals surface area contributed by atoms with Gasteiger partial charge in [0.25, 0.3) is 0 Å². The van der Waals surface area contributed by atoms with Crippen molar-refractivity contribution in [2.45, 2.75) is 12.8 Å². The van der Waals surface area contributed by atoms with E-state index < -0.39 is 0 Å². The van der Waals surface area contributed by atoms with Crippen molar-refractivity contribution in [1.29, 1.82) is 5.26 Å². The topological polar surface area (TPSA) is 45.0 Å². The molecular formula is C12H16N2O. The SMILES string of the molecule is COc1ccccc1CCNCCC#N. The van der Waals surface area contributed by atoms with Crippen molar-refractivity contribution in [3.63, 3.8) is 0 Å². The highest BCUT2D eigenvalue weighted by Gasteiger charge is 1.99. The van der Waals surface area contributed by atoms with Gasteiger partial charge < -0.3 is 10.1 Å². The van der Waals surface area contributed by atoms with Crippen LogP contribution in [0.4, 0.5) is 0 Å². The fourth-order valence-corrected chi connectivity index (χ4v) is 1.40. The number of para-hydroxylation sites is 1. The number of methoxy groups -OCH3 is 1. The number of hydrogen-bond donors (Lipinski definition) is 1. The summed E-state index contributed by atoms with van der Waals surface area (Å²) in [5, 5.41) is 11.6. The van der Waals surface area contributed by atoms with Gasteiger partial charge in [-0.1, -0.05) is 18.2 Å². The molecule has 0 spiro atoms. The van der Waals surface area contributed by atoms with Crippen molar-refractivity contribution in [2.75, 3.05) is 20.2 Å². The normalized spacial score (nSPS) is 9.60. The molecule has 0 aliphatic rings. The summed E-state index contributed by atoms with van der Waals surface area (Å²) in [6.45, 7) is 1.63. The summed E-state index contributed by atoms with van der Waals surface area (Å²) in [5.41, 5.74) is 1.20. The molecule has 3 heteroatoms. The van der Waals surface area contributed by atoms with Gasteiger partial charge in [-0.15, -0.1) is 0 Å². The van der Waals surface area contributed by atoms with Crippen molar-refractivity contribution in [3.8, 4) is 11.8 Å². The van der Waals surface area contributed by atoms with E-state index in [9.17, 15) is 0 Å². The maximum Gasteiger partial charge on any atom is 0.122 e. The first-order valence-corrected chi connectivity index (χ1v) is 5.08. The molecule has 0 aliphatic heterocycles. The third kappa shape index (κ3) is 4.01. The number of nitrogens with zero attached hydrogens (tertiary/aromatic N) is 1. The first kappa shape index (κ1) is 11.5. The van der Waals surface area contributed by atoms with E-state index in [2.05, 4.69) is 17.5 Å². The molecule has 1 rings (SSSR count). The molecule has 0 saturated carbocycles. The predicted octanol–water partition coefficient (Wildman–Crippen LogP) is 1.74. The van der Waals surface area contributed by atoms with E-state index in [1.165, 1.54) is 5.56 Å². The van der Waals surface area contributed by atoms with Gasteiger partial charge in [0.05, 0.1) is 13.2 Å². The largest absolute Gasteiger partial charge is 0.496 e. The number of nitriles is 1. The third-order valence-corrected chi connectivity index (χ3v) is 2.18. The van der Waals surface area contributed by atoms with Crippen LogP contribution in [0.15, 0.2) is 24.3 Å². The Morgan fingerprint density at radius 2 is 2.13 bits per heavy atom. The molecule has 0 heterocycles. The van der Waals surface area contributed by atoms with Crippen LogP contribution in [-0.4, -0.2) is 20.2 Å². The smallest absolute Gasteiger partial charge is 0.122 e. The van der Waals surface area contributed by atoms with Crippen molar-refractivity contribution in [2.24, 2.45) is 0 Å². The maximum absolute atomic E-state index is 8.35. The first-order chi connectivity index (χ1) is 7.38. The lowest BCUT2D eigenvalue weighted by molar-refractivity contribution is 0.409. The van der Waals surface area contributed by atoms with Crippen molar-refractivity contribution in [1.82, 2.24) is 5.32 Å². The quantitative estimate of drug-likeness (QED) is 0.718. The minimum absolute atomic E-state index is 0.561. The molecule has 0 unspecified atom stereocenters. The zero-order valence-electron chi connectivity index (χ0n) is 8.99. The number of ether oxygens (including phenoxy) is 1. The van der Waals surface area contributed by atoms with Crippen molar-refractivity contribution >= 4 is 0 Å². The van der Waals surface area contributed by atoms with Crippen LogP contribution in [0.25, 0.3) is 0 Å². The molecule has 0 aromatic heterocycles. The molecule has 0 atom stereocenters. The van der Waals surface area contributed by atoms with Gasteiger partial charge in [-0.25, -0.2) is 0 Å². The van der Waals surface area contributed by atoms with Crippen LogP contribution in [0.2, 0.25) is 0 Å². The van der Waals surface area contributed by atoms with Crippen LogP contribution < -0.4 is 10.1 Å². The predicted molar refractivity (Wildman–Crippen MR) is 59.8 cm³/mol. The summed E-state index contributed by atoms with van der Waals surface area (Å²) in [4.78, 5) is 0. The molecule has 0 fully saturated rings. The molecule has 0 aliphatic carbocycles. The average Bonchev–Trinajstić information content (AvgIpc) is 2.29. The minimum Gasteiger partial charge on any atom is -0.496 e. The van der Waals surface area contributed by atoms with Gasteiger partial charge in [-0.05, 0) is 24.6 Å². The summed E-state index contributed by atoms with van der Waals surface area (Å²) in [6.07, 6.45) is 1.49. The Kier molecular flexibility index (Phi) is 5.28. The van der Waals surface area contributed by atoms with Gasteiger partial charge in [0.2, 0.25) is 0 Å². The van der Waals surface area contributed by atoms with Gasteiger partial charge in [-0.3, -0.25) is 0 Å². The van der Waals surface area contributed by atoms with Crippen LogP contribution in [0.1, 0.15) is 12.0 Å². The van der Waals surface area contributed by atoms with E-state index in [1.54, 1.807) is 7.11 Å². The summed E-state index contributed by atoms with van der Waals surface area (Å²) in [6, 6.07) is 10.1. The second-order valence-electron chi connectivity index (χ2n) is 3.22. The summed E-state index contributed by atoms with van der Waals surface area (Å²) >= 11 is 0. The Balaban J connectivity index is 2.34. The Morgan fingerprint density at radius 3 is 2.87 bits per heavy atom. The van der Waals surface area contributed by atoms with E-state index in [4.69, 9.17) is 10.00 Å². The van der Waals surface area contributed by atoms with E-state index in [-0.39, 0.29) is 0 Å². The Labute approximate surface area is 90.7 Å². The molecule has 1 N–H and O–H groups in total. The van der Waals surface area contributed by atoms with Crippen LogP contribution in [0.3, 0.4) is 0 Å². The number of rotatable bonds is 6.